The van der Waals surface area contributed by atoms with E-state index in [-0.39, 0.29) is 11.9 Å². The Hall–Kier alpha value is -1.94. The molecule has 2 rings (SSSR count). The predicted molar refractivity (Wildman–Crippen MR) is 82.0 cm³/mol. The van der Waals surface area contributed by atoms with E-state index in [0.29, 0.717) is 18.4 Å². The number of hydrogen-bond donors (Lipinski definition) is 1. The van der Waals surface area contributed by atoms with E-state index in [0.717, 1.165) is 22.6 Å². The number of pyridine rings is 1. The van der Waals surface area contributed by atoms with Crippen molar-refractivity contribution in [3.8, 4) is 5.75 Å². The molecule has 1 heterocycles. The highest BCUT2D eigenvalue weighted by atomic mass is 19.1. The van der Waals surface area contributed by atoms with Gasteiger partial charge in [-0.25, -0.2) is 4.39 Å². The van der Waals surface area contributed by atoms with Crippen LogP contribution < -0.4 is 10.5 Å². The predicted octanol–water partition coefficient (Wildman–Crippen LogP) is 2.96. The molecule has 1 aromatic carbocycles. The maximum absolute atomic E-state index is 13.6. The zero-order chi connectivity index (χ0) is 15.4. The van der Waals surface area contributed by atoms with Gasteiger partial charge >= 0.3 is 0 Å². The molecule has 0 fully saturated rings. The molecule has 1 atom stereocenters. The van der Waals surface area contributed by atoms with Gasteiger partial charge in [-0.1, -0.05) is 18.2 Å². The molecule has 0 saturated heterocycles. The Morgan fingerprint density at radius 2 is 1.95 bits per heavy atom. The van der Waals surface area contributed by atoms with Gasteiger partial charge in [-0.2, -0.15) is 0 Å². The summed E-state index contributed by atoms with van der Waals surface area (Å²) in [6.45, 7) is 3.94. The van der Waals surface area contributed by atoms with Crippen molar-refractivity contribution in [2.75, 3.05) is 7.11 Å². The van der Waals surface area contributed by atoms with Crippen molar-refractivity contribution in [3.05, 3.63) is 58.7 Å². The Kier molecular flexibility index (Phi) is 4.91. The Morgan fingerprint density at radius 1 is 1.24 bits per heavy atom. The van der Waals surface area contributed by atoms with Crippen LogP contribution in [0.4, 0.5) is 4.39 Å². The largest absolute Gasteiger partial charge is 0.496 e. The average Bonchev–Trinajstić information content (AvgIpc) is 2.45. The van der Waals surface area contributed by atoms with E-state index in [4.69, 9.17) is 10.5 Å². The van der Waals surface area contributed by atoms with Crippen LogP contribution in [0.3, 0.4) is 0 Å². The van der Waals surface area contributed by atoms with Crippen molar-refractivity contribution in [1.29, 1.82) is 0 Å². The third-order valence-corrected chi connectivity index (χ3v) is 3.65. The Balaban J connectivity index is 2.13. The van der Waals surface area contributed by atoms with E-state index in [1.807, 2.05) is 19.9 Å². The van der Waals surface area contributed by atoms with Crippen LogP contribution in [0.2, 0.25) is 0 Å². The summed E-state index contributed by atoms with van der Waals surface area (Å²) in [4.78, 5) is 4.44. The number of halogens is 1. The third-order valence-electron chi connectivity index (χ3n) is 3.65. The van der Waals surface area contributed by atoms with E-state index in [1.165, 1.54) is 6.07 Å². The molecule has 0 aliphatic carbocycles. The minimum atomic E-state index is -0.209. The number of benzene rings is 1. The van der Waals surface area contributed by atoms with E-state index < -0.39 is 0 Å². The monoisotopic (exact) mass is 288 g/mol. The molecular weight excluding hydrogens is 267 g/mol. The quantitative estimate of drug-likeness (QED) is 0.920. The number of methoxy groups -OCH3 is 1. The summed E-state index contributed by atoms with van der Waals surface area (Å²) < 4.78 is 19.0. The lowest BCUT2D eigenvalue weighted by Gasteiger charge is -2.16. The van der Waals surface area contributed by atoms with Gasteiger partial charge in [0.25, 0.3) is 0 Å². The molecule has 21 heavy (non-hydrogen) atoms. The fourth-order valence-electron chi connectivity index (χ4n) is 2.54. The summed E-state index contributed by atoms with van der Waals surface area (Å²) in [5.74, 6) is 0.636. The molecule has 0 amide bonds. The summed E-state index contributed by atoms with van der Waals surface area (Å²) in [5, 5.41) is 0. The fraction of sp³-hybridized carbons (Fsp3) is 0.353. The molecule has 0 bridgehead atoms. The summed E-state index contributed by atoms with van der Waals surface area (Å²) in [7, 11) is 1.65. The highest BCUT2D eigenvalue weighted by Crippen LogP contribution is 2.24. The minimum absolute atomic E-state index is 0.180. The minimum Gasteiger partial charge on any atom is -0.496 e. The second-order valence-corrected chi connectivity index (χ2v) is 5.31. The van der Waals surface area contributed by atoms with E-state index >= 15 is 0 Å². The average molecular weight is 288 g/mol. The van der Waals surface area contributed by atoms with E-state index in [9.17, 15) is 4.39 Å². The van der Waals surface area contributed by atoms with Gasteiger partial charge in [-0.05, 0) is 31.9 Å². The smallest absolute Gasteiger partial charge is 0.128 e. The van der Waals surface area contributed by atoms with Crippen molar-refractivity contribution in [3.63, 3.8) is 0 Å². The standard InChI is InChI=1S/C17H21FN2O/c1-11-10-20-16(12(2)17(11)21-3)9-14(19)8-13-6-4-5-7-15(13)18/h4-7,10,14H,8-9,19H2,1-3H3. The third kappa shape index (κ3) is 3.58. The number of aryl methyl sites for hydroxylation is 1. The molecule has 112 valence electrons. The van der Waals surface area contributed by atoms with Gasteiger partial charge in [0.1, 0.15) is 11.6 Å². The lowest BCUT2D eigenvalue weighted by molar-refractivity contribution is 0.406. The Bertz CT molecular complexity index is 628. The zero-order valence-electron chi connectivity index (χ0n) is 12.7. The SMILES string of the molecule is COc1c(C)cnc(CC(N)Cc2ccccc2F)c1C. The summed E-state index contributed by atoms with van der Waals surface area (Å²) in [6, 6.07) is 6.55. The van der Waals surface area contributed by atoms with Crippen molar-refractivity contribution in [2.45, 2.75) is 32.7 Å². The Morgan fingerprint density at radius 3 is 2.62 bits per heavy atom. The molecule has 0 saturated carbocycles. The molecule has 3 nitrogen and oxygen atoms in total. The summed E-state index contributed by atoms with van der Waals surface area (Å²) in [5.41, 5.74) is 9.70. The van der Waals surface area contributed by atoms with Crippen LogP contribution in [0, 0.1) is 19.7 Å². The lowest BCUT2D eigenvalue weighted by atomic mass is 9.99. The maximum atomic E-state index is 13.6. The van der Waals surface area contributed by atoms with Gasteiger partial charge in [-0.3, -0.25) is 4.98 Å². The highest BCUT2D eigenvalue weighted by molar-refractivity contribution is 5.41. The number of rotatable bonds is 5. The summed E-state index contributed by atoms with van der Waals surface area (Å²) >= 11 is 0. The molecule has 1 aromatic heterocycles. The van der Waals surface area contributed by atoms with Crippen LogP contribution in [0.25, 0.3) is 0 Å². The number of ether oxygens (including phenoxy) is 1. The maximum Gasteiger partial charge on any atom is 0.128 e. The number of nitrogens with zero attached hydrogens (tertiary/aromatic N) is 1. The molecule has 0 aliphatic heterocycles. The molecule has 2 aromatic rings. The van der Waals surface area contributed by atoms with Gasteiger partial charge in [-0.15, -0.1) is 0 Å². The van der Waals surface area contributed by atoms with Gasteiger partial charge < -0.3 is 10.5 Å². The van der Waals surface area contributed by atoms with Gasteiger partial charge in [0.2, 0.25) is 0 Å². The molecule has 2 N–H and O–H groups in total. The van der Waals surface area contributed by atoms with Gasteiger partial charge in [0, 0.05) is 35.5 Å². The second kappa shape index (κ2) is 6.68. The number of nitrogens with two attached hydrogens (primary N) is 1. The zero-order valence-corrected chi connectivity index (χ0v) is 12.7. The fourth-order valence-corrected chi connectivity index (χ4v) is 2.54. The topological polar surface area (TPSA) is 48.1 Å². The molecule has 0 aliphatic rings. The van der Waals surface area contributed by atoms with Crippen molar-refractivity contribution in [1.82, 2.24) is 4.98 Å². The van der Waals surface area contributed by atoms with E-state index in [2.05, 4.69) is 4.98 Å². The molecule has 1 unspecified atom stereocenters. The molecular formula is C17H21FN2O. The van der Waals surface area contributed by atoms with E-state index in [1.54, 1.807) is 25.4 Å². The first-order valence-electron chi connectivity index (χ1n) is 7.01. The number of hydrogen-bond acceptors (Lipinski definition) is 3. The Labute approximate surface area is 125 Å². The van der Waals surface area contributed by atoms with Crippen LogP contribution in [-0.2, 0) is 12.8 Å². The first-order valence-corrected chi connectivity index (χ1v) is 7.01. The normalized spacial score (nSPS) is 12.2. The first-order chi connectivity index (χ1) is 10.0. The highest BCUT2D eigenvalue weighted by Gasteiger charge is 2.14. The molecule has 4 heteroatoms. The van der Waals surface area contributed by atoms with Crippen LogP contribution in [0.1, 0.15) is 22.4 Å². The van der Waals surface area contributed by atoms with Crippen molar-refractivity contribution >= 4 is 0 Å². The molecule has 0 radical (unpaired) electrons. The molecule has 0 spiro atoms. The second-order valence-electron chi connectivity index (χ2n) is 5.31. The van der Waals surface area contributed by atoms with Gasteiger partial charge in [0.15, 0.2) is 0 Å². The summed E-state index contributed by atoms with van der Waals surface area (Å²) in [6.07, 6.45) is 2.87. The number of aromatic nitrogens is 1. The van der Waals surface area contributed by atoms with Crippen LogP contribution in [0.15, 0.2) is 30.5 Å². The van der Waals surface area contributed by atoms with Gasteiger partial charge in [0.05, 0.1) is 7.11 Å². The van der Waals surface area contributed by atoms with Crippen LogP contribution in [0.5, 0.6) is 5.75 Å². The van der Waals surface area contributed by atoms with Crippen molar-refractivity contribution < 1.29 is 9.13 Å². The van der Waals surface area contributed by atoms with Crippen LogP contribution in [-0.4, -0.2) is 18.1 Å². The lowest BCUT2D eigenvalue weighted by Crippen LogP contribution is -2.27. The van der Waals surface area contributed by atoms with Crippen molar-refractivity contribution in [2.24, 2.45) is 5.73 Å². The first kappa shape index (κ1) is 15.4. The van der Waals surface area contributed by atoms with Crippen LogP contribution >= 0.6 is 0 Å².